The summed E-state index contributed by atoms with van der Waals surface area (Å²) in [6.45, 7) is 8.77. The topological polar surface area (TPSA) is 20.2 Å². The number of rotatable bonds is 1. The van der Waals surface area contributed by atoms with E-state index in [1.54, 1.807) is 0 Å². The highest BCUT2D eigenvalue weighted by Crippen LogP contribution is 2.67. The normalized spacial score (nSPS) is 43.5. The van der Waals surface area contributed by atoms with Crippen molar-refractivity contribution in [2.24, 2.45) is 23.2 Å². The van der Waals surface area contributed by atoms with Gasteiger partial charge in [-0.1, -0.05) is 25.5 Å². The molecule has 4 unspecified atom stereocenters. The maximum absolute atomic E-state index is 9.74. The lowest BCUT2D eigenvalue weighted by atomic mass is 9.84. The van der Waals surface area contributed by atoms with E-state index in [0.717, 1.165) is 11.8 Å². The van der Waals surface area contributed by atoms with E-state index < -0.39 is 0 Å². The van der Waals surface area contributed by atoms with Crippen molar-refractivity contribution < 1.29 is 5.11 Å². The van der Waals surface area contributed by atoms with Crippen LogP contribution >= 0.6 is 0 Å². The third-order valence-electron chi connectivity index (χ3n) is 4.27. The molecule has 13 heavy (non-hydrogen) atoms. The molecule has 0 aromatic carbocycles. The van der Waals surface area contributed by atoms with Gasteiger partial charge in [-0.15, -0.1) is 0 Å². The highest BCUT2D eigenvalue weighted by atomic mass is 16.3. The number of allylic oxidation sites excluding steroid dienone is 1. The van der Waals surface area contributed by atoms with Gasteiger partial charge in [-0.2, -0.15) is 0 Å². The van der Waals surface area contributed by atoms with E-state index in [0.29, 0.717) is 11.3 Å². The van der Waals surface area contributed by atoms with Gasteiger partial charge in [-0.25, -0.2) is 0 Å². The van der Waals surface area contributed by atoms with Gasteiger partial charge in [0.2, 0.25) is 0 Å². The Morgan fingerprint density at radius 1 is 1.54 bits per heavy atom. The zero-order valence-corrected chi connectivity index (χ0v) is 9.04. The van der Waals surface area contributed by atoms with Crippen LogP contribution in [0, 0.1) is 23.2 Å². The molecule has 0 spiro atoms. The maximum Gasteiger partial charge on any atom is 0.0580 e. The van der Waals surface area contributed by atoms with Crippen LogP contribution in [0.3, 0.4) is 0 Å². The first-order valence-corrected chi connectivity index (χ1v) is 5.31. The SMILES string of the molecule is CC1=CCC2C(C1C(C)O)C2(C)C. The minimum Gasteiger partial charge on any atom is -0.393 e. The van der Waals surface area contributed by atoms with Crippen LogP contribution in [0.4, 0.5) is 0 Å². The van der Waals surface area contributed by atoms with Gasteiger partial charge in [-0.05, 0) is 37.5 Å². The summed E-state index contributed by atoms with van der Waals surface area (Å²) in [5.41, 5.74) is 1.87. The van der Waals surface area contributed by atoms with Crippen LogP contribution in [0.25, 0.3) is 0 Å². The fourth-order valence-corrected chi connectivity index (χ4v) is 3.36. The van der Waals surface area contributed by atoms with Crippen LogP contribution in [-0.2, 0) is 0 Å². The second-order valence-electron chi connectivity index (χ2n) is 5.40. The maximum atomic E-state index is 9.74. The van der Waals surface area contributed by atoms with Crippen molar-refractivity contribution in [3.05, 3.63) is 11.6 Å². The Hall–Kier alpha value is -0.300. The summed E-state index contributed by atoms with van der Waals surface area (Å²) in [7, 11) is 0. The van der Waals surface area contributed by atoms with Gasteiger partial charge in [0.25, 0.3) is 0 Å². The van der Waals surface area contributed by atoms with Crippen LogP contribution in [-0.4, -0.2) is 11.2 Å². The van der Waals surface area contributed by atoms with Crippen LogP contribution in [0.2, 0.25) is 0 Å². The fraction of sp³-hybridized carbons (Fsp3) is 0.833. The molecular weight excluding hydrogens is 160 g/mol. The third-order valence-corrected chi connectivity index (χ3v) is 4.27. The van der Waals surface area contributed by atoms with Gasteiger partial charge >= 0.3 is 0 Å². The second kappa shape index (κ2) is 2.60. The summed E-state index contributed by atoms with van der Waals surface area (Å²) in [6.07, 6.45) is 3.38. The van der Waals surface area contributed by atoms with Crippen molar-refractivity contribution in [3.8, 4) is 0 Å². The Morgan fingerprint density at radius 2 is 2.15 bits per heavy atom. The molecule has 0 aromatic rings. The zero-order valence-electron chi connectivity index (χ0n) is 9.04. The van der Waals surface area contributed by atoms with Gasteiger partial charge < -0.3 is 5.11 Å². The first kappa shape index (κ1) is 9.26. The Bertz CT molecular complexity index is 250. The van der Waals surface area contributed by atoms with E-state index in [4.69, 9.17) is 0 Å². The molecule has 2 aliphatic rings. The molecule has 0 aromatic heterocycles. The van der Waals surface area contributed by atoms with Gasteiger partial charge in [0.05, 0.1) is 6.10 Å². The number of hydrogen-bond donors (Lipinski definition) is 1. The molecule has 1 nitrogen and oxygen atoms in total. The predicted octanol–water partition coefficient (Wildman–Crippen LogP) is 2.61. The van der Waals surface area contributed by atoms with E-state index in [2.05, 4.69) is 26.8 Å². The van der Waals surface area contributed by atoms with E-state index >= 15 is 0 Å². The van der Waals surface area contributed by atoms with E-state index in [1.165, 1.54) is 12.0 Å². The van der Waals surface area contributed by atoms with Gasteiger partial charge in [-0.3, -0.25) is 0 Å². The molecule has 0 aliphatic heterocycles. The van der Waals surface area contributed by atoms with Crippen molar-refractivity contribution in [1.82, 2.24) is 0 Å². The standard InChI is InChI=1S/C12H20O/c1-7-5-6-9-11(12(9,3)4)10(7)8(2)13/h5,8-11,13H,6H2,1-4H3. The quantitative estimate of drug-likeness (QED) is 0.615. The van der Waals surface area contributed by atoms with Crippen LogP contribution in [0.15, 0.2) is 11.6 Å². The van der Waals surface area contributed by atoms with Crippen molar-refractivity contribution in [3.63, 3.8) is 0 Å². The van der Waals surface area contributed by atoms with Crippen molar-refractivity contribution in [1.29, 1.82) is 0 Å². The van der Waals surface area contributed by atoms with E-state index in [9.17, 15) is 5.11 Å². The Balaban J connectivity index is 2.24. The first-order valence-electron chi connectivity index (χ1n) is 5.31. The molecule has 1 fully saturated rings. The van der Waals surface area contributed by atoms with Gasteiger partial charge in [0.15, 0.2) is 0 Å². The summed E-state index contributed by atoms with van der Waals surface area (Å²) in [4.78, 5) is 0. The zero-order chi connectivity index (χ0) is 9.80. The molecule has 74 valence electrons. The van der Waals surface area contributed by atoms with Crippen LogP contribution in [0.5, 0.6) is 0 Å². The summed E-state index contributed by atoms with van der Waals surface area (Å²) >= 11 is 0. The minimum atomic E-state index is -0.175. The van der Waals surface area contributed by atoms with E-state index in [-0.39, 0.29) is 6.10 Å². The van der Waals surface area contributed by atoms with Gasteiger partial charge in [0, 0.05) is 5.92 Å². The molecule has 0 heterocycles. The summed E-state index contributed by atoms with van der Waals surface area (Å²) in [5.74, 6) is 1.99. The molecule has 0 radical (unpaired) electrons. The van der Waals surface area contributed by atoms with Crippen molar-refractivity contribution in [2.45, 2.75) is 40.2 Å². The number of aliphatic hydroxyl groups excluding tert-OH is 1. The monoisotopic (exact) mass is 180 g/mol. The third kappa shape index (κ3) is 1.17. The highest BCUT2D eigenvalue weighted by Gasteiger charge is 2.62. The molecule has 2 rings (SSSR count). The Kier molecular flexibility index (Phi) is 1.85. The molecule has 0 saturated heterocycles. The fourth-order valence-electron chi connectivity index (χ4n) is 3.36. The lowest BCUT2D eigenvalue weighted by molar-refractivity contribution is 0.121. The first-order chi connectivity index (χ1) is 5.96. The van der Waals surface area contributed by atoms with Gasteiger partial charge in [0.1, 0.15) is 0 Å². The lowest BCUT2D eigenvalue weighted by Crippen LogP contribution is -2.23. The largest absolute Gasteiger partial charge is 0.393 e. The summed E-state index contributed by atoms with van der Waals surface area (Å²) < 4.78 is 0. The van der Waals surface area contributed by atoms with Crippen molar-refractivity contribution >= 4 is 0 Å². The van der Waals surface area contributed by atoms with Crippen LogP contribution in [0.1, 0.15) is 34.1 Å². The number of hydrogen-bond acceptors (Lipinski definition) is 1. The predicted molar refractivity (Wildman–Crippen MR) is 54.3 cm³/mol. The molecule has 0 amide bonds. The van der Waals surface area contributed by atoms with Crippen LogP contribution < -0.4 is 0 Å². The molecule has 1 heteroatoms. The molecule has 4 atom stereocenters. The Morgan fingerprint density at radius 3 is 2.62 bits per heavy atom. The molecule has 1 saturated carbocycles. The molecule has 2 aliphatic carbocycles. The summed E-state index contributed by atoms with van der Waals surface area (Å²) in [5, 5.41) is 9.74. The average Bonchev–Trinajstić information content (AvgIpc) is 2.53. The average molecular weight is 180 g/mol. The second-order valence-corrected chi connectivity index (χ2v) is 5.40. The smallest absolute Gasteiger partial charge is 0.0580 e. The number of aliphatic hydroxyl groups is 1. The minimum absolute atomic E-state index is 0.175. The molecule has 1 N–H and O–H groups in total. The molecule has 0 bridgehead atoms. The van der Waals surface area contributed by atoms with Crippen molar-refractivity contribution in [2.75, 3.05) is 0 Å². The highest BCUT2D eigenvalue weighted by molar-refractivity contribution is 5.24. The Labute approximate surface area is 80.8 Å². The lowest BCUT2D eigenvalue weighted by Gasteiger charge is -2.24. The number of fused-ring (bicyclic) bond motifs is 1. The summed E-state index contributed by atoms with van der Waals surface area (Å²) in [6, 6.07) is 0. The molecular formula is C12H20O. The van der Waals surface area contributed by atoms with E-state index in [1.807, 2.05) is 6.92 Å².